The Morgan fingerprint density at radius 1 is 0.588 bits per heavy atom. The molecule has 184 valence electrons. The van der Waals surface area contributed by atoms with Crippen LogP contribution in [0.5, 0.6) is 5.75 Å². The molecule has 0 aliphatic rings. The Kier molecular flexibility index (Phi) is 12.5. The maximum atomic E-state index is 8.79. The first-order valence-corrected chi connectivity index (χ1v) is 13.5. The van der Waals surface area contributed by atoms with Gasteiger partial charge < -0.3 is 9.84 Å². The van der Waals surface area contributed by atoms with Gasteiger partial charge in [-0.1, -0.05) is 119 Å². The summed E-state index contributed by atoms with van der Waals surface area (Å²) in [6.07, 6.45) is 17.9. The van der Waals surface area contributed by atoms with Crippen LogP contribution in [0.2, 0.25) is 0 Å². The summed E-state index contributed by atoms with van der Waals surface area (Å²) in [7, 11) is 0. The molecule has 1 heterocycles. The van der Waals surface area contributed by atoms with E-state index < -0.39 is 0 Å². The minimum absolute atomic E-state index is 0.351. The number of hydrogen-bond donors (Lipinski definition) is 1. The highest BCUT2D eigenvalue weighted by atomic mass is 16.5. The van der Waals surface area contributed by atoms with Gasteiger partial charge in [-0.2, -0.15) is 0 Å². The molecular formula is C31H43NO2. The van der Waals surface area contributed by atoms with Gasteiger partial charge in [0, 0.05) is 17.7 Å². The molecule has 0 bridgehead atoms. The van der Waals surface area contributed by atoms with Gasteiger partial charge in [-0.3, -0.25) is 0 Å². The number of aryl methyl sites for hydroxylation is 1. The molecule has 3 nitrogen and oxygen atoms in total. The number of pyridine rings is 1. The molecule has 0 atom stereocenters. The largest absolute Gasteiger partial charge is 0.487 e. The minimum Gasteiger partial charge on any atom is -0.487 e. The molecule has 34 heavy (non-hydrogen) atoms. The van der Waals surface area contributed by atoms with E-state index >= 15 is 0 Å². The van der Waals surface area contributed by atoms with E-state index in [9.17, 15) is 0 Å². The molecule has 0 amide bonds. The standard InChI is InChI=1S/C31H43NO2/c33-25-16-11-9-7-5-3-1-2-4-6-8-10-15-21-29-24-23-28-20-17-22-30(31(28)32-29)34-26-27-18-13-12-14-19-27/h12-14,17-20,22-24,33H,1-11,15-16,21,25-26H2. The molecule has 3 aromatic rings. The van der Waals surface area contributed by atoms with Gasteiger partial charge in [-0.25, -0.2) is 4.98 Å². The number of nitrogens with zero attached hydrogens (tertiary/aromatic N) is 1. The number of aromatic nitrogens is 1. The Bertz CT molecular complexity index is 925. The first-order valence-electron chi connectivity index (χ1n) is 13.5. The maximum Gasteiger partial charge on any atom is 0.146 e. The molecule has 0 unspecified atom stereocenters. The summed E-state index contributed by atoms with van der Waals surface area (Å²) in [5.74, 6) is 0.869. The first kappa shape index (κ1) is 26.2. The number of benzene rings is 2. The molecule has 1 N–H and O–H groups in total. The van der Waals surface area contributed by atoms with Crippen LogP contribution in [0.4, 0.5) is 0 Å². The number of ether oxygens (including phenoxy) is 1. The van der Waals surface area contributed by atoms with Crippen molar-refractivity contribution in [3.63, 3.8) is 0 Å². The number of para-hydroxylation sites is 1. The maximum absolute atomic E-state index is 8.79. The summed E-state index contributed by atoms with van der Waals surface area (Å²) < 4.78 is 6.12. The van der Waals surface area contributed by atoms with Gasteiger partial charge in [0.25, 0.3) is 0 Å². The summed E-state index contributed by atoms with van der Waals surface area (Å²) in [6.45, 7) is 0.917. The van der Waals surface area contributed by atoms with E-state index in [0.29, 0.717) is 13.2 Å². The highest BCUT2D eigenvalue weighted by Gasteiger charge is 2.06. The fourth-order valence-electron chi connectivity index (χ4n) is 4.51. The van der Waals surface area contributed by atoms with Gasteiger partial charge in [-0.15, -0.1) is 0 Å². The van der Waals surface area contributed by atoms with Crippen molar-refractivity contribution in [2.45, 2.75) is 96.5 Å². The van der Waals surface area contributed by atoms with E-state index in [0.717, 1.165) is 29.5 Å². The Labute approximate surface area is 206 Å². The molecule has 0 fully saturated rings. The summed E-state index contributed by atoms with van der Waals surface area (Å²) in [4.78, 5) is 4.95. The second-order valence-corrected chi connectivity index (χ2v) is 9.47. The number of rotatable bonds is 18. The van der Waals surface area contributed by atoms with Crippen LogP contribution >= 0.6 is 0 Å². The van der Waals surface area contributed by atoms with Crippen molar-refractivity contribution in [2.75, 3.05) is 6.61 Å². The lowest BCUT2D eigenvalue weighted by Gasteiger charge is -2.10. The van der Waals surface area contributed by atoms with Crippen molar-refractivity contribution in [1.82, 2.24) is 4.98 Å². The predicted octanol–water partition coefficient (Wildman–Crippen LogP) is 8.42. The zero-order valence-corrected chi connectivity index (χ0v) is 20.9. The third-order valence-electron chi connectivity index (χ3n) is 6.57. The van der Waals surface area contributed by atoms with Crippen LogP contribution < -0.4 is 4.74 Å². The summed E-state index contributed by atoms with van der Waals surface area (Å²) in [5, 5.41) is 9.93. The molecular weight excluding hydrogens is 418 g/mol. The number of unbranched alkanes of at least 4 members (excludes halogenated alkanes) is 12. The fourth-order valence-corrected chi connectivity index (χ4v) is 4.51. The van der Waals surface area contributed by atoms with Crippen LogP contribution in [-0.2, 0) is 13.0 Å². The lowest BCUT2D eigenvalue weighted by Crippen LogP contribution is -1.98. The quantitative estimate of drug-likeness (QED) is 0.193. The fraction of sp³-hybridized carbons (Fsp3) is 0.516. The lowest BCUT2D eigenvalue weighted by atomic mass is 10.0. The summed E-state index contributed by atoms with van der Waals surface area (Å²) in [5.41, 5.74) is 3.32. The van der Waals surface area contributed by atoms with Crippen LogP contribution in [0.3, 0.4) is 0 Å². The SMILES string of the molecule is OCCCCCCCCCCCCCCCc1ccc2cccc(OCc3ccccc3)c2n1. The molecule has 0 aliphatic carbocycles. The number of hydrogen-bond acceptors (Lipinski definition) is 3. The molecule has 0 saturated heterocycles. The normalized spacial score (nSPS) is 11.2. The monoisotopic (exact) mass is 461 g/mol. The molecule has 0 aliphatic heterocycles. The van der Waals surface area contributed by atoms with Crippen molar-refractivity contribution >= 4 is 10.9 Å². The van der Waals surface area contributed by atoms with Crippen molar-refractivity contribution < 1.29 is 9.84 Å². The number of aliphatic hydroxyl groups is 1. The molecule has 0 saturated carbocycles. The molecule has 0 radical (unpaired) electrons. The second-order valence-electron chi connectivity index (χ2n) is 9.47. The van der Waals surface area contributed by atoms with Gasteiger partial charge in [0.05, 0.1) is 0 Å². The zero-order valence-electron chi connectivity index (χ0n) is 20.9. The highest BCUT2D eigenvalue weighted by Crippen LogP contribution is 2.25. The van der Waals surface area contributed by atoms with Crippen molar-refractivity contribution in [3.05, 3.63) is 71.9 Å². The van der Waals surface area contributed by atoms with Crippen molar-refractivity contribution in [3.8, 4) is 5.75 Å². The van der Waals surface area contributed by atoms with E-state index in [-0.39, 0.29) is 0 Å². The van der Waals surface area contributed by atoms with E-state index in [4.69, 9.17) is 14.8 Å². The van der Waals surface area contributed by atoms with E-state index in [1.807, 2.05) is 30.3 Å². The third-order valence-corrected chi connectivity index (χ3v) is 6.57. The summed E-state index contributed by atoms with van der Waals surface area (Å²) in [6, 6.07) is 20.8. The molecule has 3 rings (SSSR count). The van der Waals surface area contributed by atoms with Gasteiger partial charge in [0.15, 0.2) is 0 Å². The van der Waals surface area contributed by atoms with Gasteiger partial charge >= 0.3 is 0 Å². The topological polar surface area (TPSA) is 42.4 Å². The molecule has 1 aromatic heterocycles. The smallest absolute Gasteiger partial charge is 0.146 e. The molecule has 3 heteroatoms. The van der Waals surface area contributed by atoms with Crippen LogP contribution in [0.25, 0.3) is 10.9 Å². The number of fused-ring (bicyclic) bond motifs is 1. The summed E-state index contributed by atoms with van der Waals surface area (Å²) >= 11 is 0. The lowest BCUT2D eigenvalue weighted by molar-refractivity contribution is 0.282. The second kappa shape index (κ2) is 16.3. The van der Waals surface area contributed by atoms with Crippen LogP contribution in [0.15, 0.2) is 60.7 Å². The first-order chi connectivity index (χ1) is 16.9. The van der Waals surface area contributed by atoms with Crippen molar-refractivity contribution in [2.24, 2.45) is 0 Å². The van der Waals surface area contributed by atoms with Gasteiger partial charge in [-0.05, 0) is 37.0 Å². The third kappa shape index (κ3) is 9.85. The van der Waals surface area contributed by atoms with Gasteiger partial charge in [0.1, 0.15) is 17.9 Å². The molecule has 2 aromatic carbocycles. The van der Waals surface area contributed by atoms with Gasteiger partial charge in [0.2, 0.25) is 0 Å². The predicted molar refractivity (Wildman–Crippen MR) is 143 cm³/mol. The average Bonchev–Trinajstić information content (AvgIpc) is 2.88. The highest BCUT2D eigenvalue weighted by molar-refractivity contribution is 5.84. The Morgan fingerprint density at radius 3 is 1.85 bits per heavy atom. The van der Waals surface area contributed by atoms with E-state index in [1.165, 1.54) is 88.3 Å². The van der Waals surface area contributed by atoms with Crippen LogP contribution in [-0.4, -0.2) is 16.7 Å². The van der Waals surface area contributed by atoms with E-state index in [2.05, 4.69) is 30.3 Å². The van der Waals surface area contributed by atoms with Crippen LogP contribution in [0.1, 0.15) is 94.7 Å². The Balaban J connectivity index is 1.29. The Morgan fingerprint density at radius 2 is 1.21 bits per heavy atom. The Hall–Kier alpha value is -2.39. The zero-order chi connectivity index (χ0) is 23.7. The minimum atomic E-state index is 0.351. The van der Waals surface area contributed by atoms with Crippen LogP contribution in [0, 0.1) is 0 Å². The molecule has 0 spiro atoms. The average molecular weight is 462 g/mol. The van der Waals surface area contributed by atoms with Crippen molar-refractivity contribution in [1.29, 1.82) is 0 Å². The van der Waals surface area contributed by atoms with E-state index in [1.54, 1.807) is 0 Å². The number of aliphatic hydroxyl groups excluding tert-OH is 1.